The number of H-pyrrole nitrogens is 1. The van der Waals surface area contributed by atoms with Crippen LogP contribution >= 0.6 is 24.0 Å². The molecule has 2 heterocycles. The van der Waals surface area contributed by atoms with E-state index in [1.807, 2.05) is 32.0 Å². The molecule has 0 radical (unpaired) electrons. The zero-order valence-corrected chi connectivity index (χ0v) is 14.6. The number of benzene rings is 1. The van der Waals surface area contributed by atoms with Crippen molar-refractivity contribution in [3.05, 3.63) is 29.0 Å². The summed E-state index contributed by atoms with van der Waals surface area (Å²) >= 11 is 6.01. The zero-order chi connectivity index (χ0) is 15.5. The van der Waals surface area contributed by atoms with Gasteiger partial charge in [-0.25, -0.2) is 4.98 Å². The normalized spacial score (nSPS) is 25.8. The molecule has 2 aliphatic rings. The number of halogens is 2. The number of aromatic nitrogens is 2. The highest BCUT2D eigenvalue weighted by Gasteiger charge is 2.57. The molecular formula is C16H20Cl2N4O. The molecule has 1 unspecified atom stereocenters. The monoisotopic (exact) mass is 354 g/mol. The van der Waals surface area contributed by atoms with Gasteiger partial charge in [-0.1, -0.05) is 11.6 Å². The summed E-state index contributed by atoms with van der Waals surface area (Å²) in [6.45, 7) is 5.87. The third-order valence-electron chi connectivity index (χ3n) is 4.87. The minimum Gasteiger partial charge on any atom is -0.344 e. The Kier molecular flexibility index (Phi) is 4.07. The Morgan fingerprint density at radius 3 is 2.74 bits per heavy atom. The Hall–Kier alpha value is -1.30. The standard InChI is InChI=1S/C16H19ClN4O.ClH/c1-16(2,21-14(22)13-9-6-18-7-10(9)13)15-19-11-4-3-8(17)5-12(11)20-15;/h3-5,9-10,13,18H,6-7H2,1-2H3,(H,19,20)(H,21,22);1H/t9-,10+,13?;. The summed E-state index contributed by atoms with van der Waals surface area (Å²) in [6, 6.07) is 5.55. The lowest BCUT2D eigenvalue weighted by molar-refractivity contribution is -0.124. The number of carbonyl (C=O) groups is 1. The summed E-state index contributed by atoms with van der Waals surface area (Å²) in [7, 11) is 0. The molecular weight excluding hydrogens is 335 g/mol. The van der Waals surface area contributed by atoms with Crippen LogP contribution in [0.4, 0.5) is 0 Å². The molecule has 4 rings (SSSR count). The maximum atomic E-state index is 12.5. The van der Waals surface area contributed by atoms with Gasteiger partial charge in [0.15, 0.2) is 0 Å². The van der Waals surface area contributed by atoms with Crippen LogP contribution in [0.15, 0.2) is 18.2 Å². The molecule has 2 aromatic rings. The molecule has 0 bridgehead atoms. The van der Waals surface area contributed by atoms with Crippen LogP contribution < -0.4 is 10.6 Å². The van der Waals surface area contributed by atoms with Crippen molar-refractivity contribution in [2.24, 2.45) is 17.8 Å². The number of rotatable bonds is 3. The minimum absolute atomic E-state index is 0. The summed E-state index contributed by atoms with van der Waals surface area (Å²) in [5, 5.41) is 7.13. The zero-order valence-electron chi connectivity index (χ0n) is 13.0. The van der Waals surface area contributed by atoms with Gasteiger partial charge in [-0.3, -0.25) is 4.79 Å². The van der Waals surface area contributed by atoms with Gasteiger partial charge < -0.3 is 15.6 Å². The first kappa shape index (κ1) is 16.6. The van der Waals surface area contributed by atoms with E-state index in [2.05, 4.69) is 20.6 Å². The minimum atomic E-state index is -0.535. The molecule has 1 aliphatic heterocycles. The molecule has 1 aromatic carbocycles. The van der Waals surface area contributed by atoms with E-state index < -0.39 is 5.54 Å². The van der Waals surface area contributed by atoms with Gasteiger partial charge in [0.05, 0.1) is 16.6 Å². The summed E-state index contributed by atoms with van der Waals surface area (Å²) in [5.74, 6) is 2.09. The van der Waals surface area contributed by atoms with Gasteiger partial charge in [-0.15, -0.1) is 12.4 Å². The summed E-state index contributed by atoms with van der Waals surface area (Å²) in [5.41, 5.74) is 1.21. The maximum absolute atomic E-state index is 12.5. The van der Waals surface area contributed by atoms with Gasteiger partial charge in [0, 0.05) is 10.9 Å². The Morgan fingerprint density at radius 2 is 2.04 bits per heavy atom. The Morgan fingerprint density at radius 1 is 1.35 bits per heavy atom. The van der Waals surface area contributed by atoms with Crippen molar-refractivity contribution in [2.45, 2.75) is 19.4 Å². The quantitative estimate of drug-likeness (QED) is 0.792. The highest BCUT2D eigenvalue weighted by molar-refractivity contribution is 6.31. The van der Waals surface area contributed by atoms with E-state index >= 15 is 0 Å². The van der Waals surface area contributed by atoms with Gasteiger partial charge >= 0.3 is 0 Å². The maximum Gasteiger partial charge on any atom is 0.224 e. The molecule has 23 heavy (non-hydrogen) atoms. The van der Waals surface area contributed by atoms with Gasteiger partial charge in [-0.2, -0.15) is 0 Å². The molecule has 1 amide bonds. The number of aromatic amines is 1. The van der Waals surface area contributed by atoms with E-state index in [4.69, 9.17) is 11.6 Å². The molecule has 1 saturated carbocycles. The first-order valence-electron chi connectivity index (χ1n) is 7.64. The fourth-order valence-electron chi connectivity index (χ4n) is 3.54. The second-order valence-corrected chi connectivity index (χ2v) is 7.31. The van der Waals surface area contributed by atoms with Crippen molar-refractivity contribution < 1.29 is 4.79 Å². The number of piperidine rings is 1. The third kappa shape index (κ3) is 2.82. The van der Waals surface area contributed by atoms with Crippen LogP contribution in [0.2, 0.25) is 5.02 Å². The summed E-state index contributed by atoms with van der Waals surface area (Å²) < 4.78 is 0. The van der Waals surface area contributed by atoms with Crippen molar-refractivity contribution in [3.63, 3.8) is 0 Å². The van der Waals surface area contributed by atoms with Crippen molar-refractivity contribution >= 4 is 40.9 Å². The van der Waals surface area contributed by atoms with Crippen LogP contribution in [0.5, 0.6) is 0 Å². The summed E-state index contributed by atoms with van der Waals surface area (Å²) in [6.07, 6.45) is 0. The first-order chi connectivity index (χ1) is 10.5. The lowest BCUT2D eigenvalue weighted by Crippen LogP contribution is -2.43. The molecule has 0 spiro atoms. The fourth-order valence-corrected chi connectivity index (χ4v) is 3.71. The molecule has 3 atom stereocenters. The van der Waals surface area contributed by atoms with E-state index in [1.54, 1.807) is 0 Å². The van der Waals surface area contributed by atoms with Crippen molar-refractivity contribution in [3.8, 4) is 0 Å². The van der Waals surface area contributed by atoms with Crippen LogP contribution in [-0.2, 0) is 10.3 Å². The van der Waals surface area contributed by atoms with Gasteiger partial charge in [0.1, 0.15) is 5.82 Å². The molecule has 1 saturated heterocycles. The molecule has 7 heteroatoms. The number of amides is 1. The van der Waals surface area contributed by atoms with E-state index in [9.17, 15) is 4.79 Å². The number of carbonyl (C=O) groups excluding carboxylic acids is 1. The number of hydrogen-bond donors (Lipinski definition) is 3. The van der Waals surface area contributed by atoms with Crippen LogP contribution in [-0.4, -0.2) is 29.0 Å². The average Bonchev–Trinajstić information content (AvgIpc) is 2.83. The highest BCUT2D eigenvalue weighted by Crippen LogP contribution is 2.49. The second-order valence-electron chi connectivity index (χ2n) is 6.87. The van der Waals surface area contributed by atoms with E-state index in [-0.39, 0.29) is 24.2 Å². The lowest BCUT2D eigenvalue weighted by atomic mass is 10.0. The average molecular weight is 355 g/mol. The van der Waals surface area contributed by atoms with Gasteiger partial charge in [0.25, 0.3) is 0 Å². The van der Waals surface area contributed by atoms with Crippen LogP contribution in [0.25, 0.3) is 11.0 Å². The smallest absolute Gasteiger partial charge is 0.224 e. The Balaban J connectivity index is 0.00000156. The number of nitrogens with one attached hydrogen (secondary N) is 3. The van der Waals surface area contributed by atoms with Gasteiger partial charge in [-0.05, 0) is 57.0 Å². The molecule has 3 N–H and O–H groups in total. The highest BCUT2D eigenvalue weighted by atomic mass is 35.5. The SMILES string of the molecule is CC(C)(NC(=O)C1[C@H]2CNC[C@@H]12)c1nc2ccc(Cl)cc2[nH]1.Cl. The van der Waals surface area contributed by atoms with Crippen LogP contribution in [0, 0.1) is 17.8 Å². The lowest BCUT2D eigenvalue weighted by Gasteiger charge is -2.24. The predicted octanol–water partition coefficient (Wildman–Crippen LogP) is 2.45. The van der Waals surface area contributed by atoms with Crippen LogP contribution in [0.1, 0.15) is 19.7 Å². The third-order valence-corrected chi connectivity index (χ3v) is 5.10. The number of nitrogens with zero attached hydrogens (tertiary/aromatic N) is 1. The number of imidazole rings is 1. The predicted molar refractivity (Wildman–Crippen MR) is 92.9 cm³/mol. The molecule has 1 aliphatic carbocycles. The van der Waals surface area contributed by atoms with Crippen molar-refractivity contribution in [1.29, 1.82) is 0 Å². The van der Waals surface area contributed by atoms with Crippen LogP contribution in [0.3, 0.4) is 0 Å². The molecule has 1 aromatic heterocycles. The summed E-state index contributed by atoms with van der Waals surface area (Å²) in [4.78, 5) is 20.3. The van der Waals surface area contributed by atoms with E-state index in [0.717, 1.165) is 29.9 Å². The topological polar surface area (TPSA) is 69.8 Å². The molecule has 2 fully saturated rings. The Labute approximate surface area is 146 Å². The van der Waals surface area contributed by atoms with E-state index in [0.29, 0.717) is 16.9 Å². The largest absolute Gasteiger partial charge is 0.344 e. The Bertz CT molecular complexity index is 748. The molecule has 5 nitrogen and oxygen atoms in total. The molecule has 124 valence electrons. The van der Waals surface area contributed by atoms with Crippen molar-refractivity contribution in [2.75, 3.05) is 13.1 Å². The number of hydrogen-bond acceptors (Lipinski definition) is 3. The van der Waals surface area contributed by atoms with Gasteiger partial charge in [0.2, 0.25) is 5.91 Å². The number of fused-ring (bicyclic) bond motifs is 2. The second kappa shape index (κ2) is 5.65. The van der Waals surface area contributed by atoms with E-state index in [1.165, 1.54) is 0 Å². The first-order valence-corrected chi connectivity index (χ1v) is 8.02. The van der Waals surface area contributed by atoms with Crippen molar-refractivity contribution in [1.82, 2.24) is 20.6 Å². The fraction of sp³-hybridized carbons (Fsp3) is 0.500.